The van der Waals surface area contributed by atoms with Gasteiger partial charge in [-0.05, 0) is 45.1 Å². The molecule has 0 aliphatic carbocycles. The first-order valence-electron chi connectivity index (χ1n) is 7.26. The Morgan fingerprint density at radius 1 is 0.720 bits per heavy atom. The van der Waals surface area contributed by atoms with E-state index in [1.165, 1.54) is 9.36 Å². The maximum absolute atomic E-state index is 3.98. The van der Waals surface area contributed by atoms with Crippen LogP contribution in [0.3, 0.4) is 0 Å². The summed E-state index contributed by atoms with van der Waals surface area (Å²) in [6.45, 7) is 0. The fourth-order valence-corrected chi connectivity index (χ4v) is 2.10. The van der Waals surface area contributed by atoms with Crippen molar-refractivity contribution in [3.05, 3.63) is 60.7 Å². The lowest BCUT2D eigenvalue weighted by Crippen LogP contribution is -2.02. The largest absolute Gasteiger partial charge is 0.294 e. The number of anilines is 1. The van der Waals surface area contributed by atoms with Crippen molar-refractivity contribution in [3.8, 4) is 11.4 Å². The van der Waals surface area contributed by atoms with Crippen molar-refractivity contribution >= 4 is 11.9 Å². The lowest BCUT2D eigenvalue weighted by molar-refractivity contribution is 0.784. The van der Waals surface area contributed by atoms with Gasteiger partial charge in [0.25, 0.3) is 11.9 Å². The predicted octanol–water partition coefficient (Wildman–Crippen LogP) is 1.75. The van der Waals surface area contributed by atoms with Crippen molar-refractivity contribution in [1.82, 2.24) is 40.4 Å². The molecule has 0 saturated carbocycles. The van der Waals surface area contributed by atoms with E-state index in [1.54, 1.807) is 0 Å². The Balaban J connectivity index is 1.54. The molecule has 0 spiro atoms. The molecule has 2 heterocycles. The Labute approximate surface area is 141 Å². The number of aromatic nitrogens is 8. The zero-order valence-electron chi connectivity index (χ0n) is 12.7. The Hall–Kier alpha value is -4.02. The Bertz CT molecular complexity index is 974. The van der Waals surface area contributed by atoms with Crippen molar-refractivity contribution in [1.29, 1.82) is 0 Å². The number of tetrazole rings is 2. The summed E-state index contributed by atoms with van der Waals surface area (Å²) in [6.07, 6.45) is 0. The van der Waals surface area contributed by atoms with E-state index in [1.807, 2.05) is 60.7 Å². The molecule has 11 heteroatoms. The minimum absolute atomic E-state index is 0.220. The molecule has 4 rings (SSSR count). The van der Waals surface area contributed by atoms with E-state index in [0.717, 1.165) is 11.4 Å². The summed E-state index contributed by atoms with van der Waals surface area (Å²) in [5.41, 5.74) is 4.25. The molecule has 0 fully saturated rings. The van der Waals surface area contributed by atoms with Crippen molar-refractivity contribution in [3.63, 3.8) is 0 Å². The zero-order chi connectivity index (χ0) is 16.9. The Morgan fingerprint density at radius 2 is 1.32 bits per heavy atom. The zero-order valence-corrected chi connectivity index (χ0v) is 12.7. The van der Waals surface area contributed by atoms with Crippen LogP contribution < -0.4 is 5.43 Å². The van der Waals surface area contributed by atoms with Crippen LogP contribution in [0.1, 0.15) is 0 Å². The second-order valence-electron chi connectivity index (χ2n) is 4.79. The highest BCUT2D eigenvalue weighted by atomic mass is 15.6. The van der Waals surface area contributed by atoms with Gasteiger partial charge in [-0.1, -0.05) is 56.9 Å². The van der Waals surface area contributed by atoms with Crippen LogP contribution in [-0.4, -0.2) is 40.4 Å². The lowest BCUT2D eigenvalue weighted by atomic mass is 10.3. The molecule has 0 saturated heterocycles. The fraction of sp³-hybridized carbons (Fsp3) is 0. The highest BCUT2D eigenvalue weighted by Crippen LogP contribution is 2.14. The maximum Gasteiger partial charge on any atom is 0.294 e. The van der Waals surface area contributed by atoms with Crippen LogP contribution in [0.15, 0.2) is 71.0 Å². The third-order valence-electron chi connectivity index (χ3n) is 3.21. The van der Waals surface area contributed by atoms with Gasteiger partial charge in [0.05, 0.1) is 11.4 Å². The van der Waals surface area contributed by atoms with Gasteiger partial charge in [0.1, 0.15) is 0 Å². The molecule has 2 aromatic carbocycles. The molecular weight excluding hydrogens is 322 g/mol. The van der Waals surface area contributed by atoms with E-state index in [-0.39, 0.29) is 5.95 Å². The van der Waals surface area contributed by atoms with Crippen molar-refractivity contribution < 1.29 is 0 Å². The number of hydrogen-bond donors (Lipinski definition) is 1. The van der Waals surface area contributed by atoms with Gasteiger partial charge < -0.3 is 0 Å². The Kier molecular flexibility index (Phi) is 3.86. The molecule has 0 unspecified atom stereocenters. The average molecular weight is 333 g/mol. The molecule has 122 valence electrons. The monoisotopic (exact) mass is 333 g/mol. The second-order valence-corrected chi connectivity index (χ2v) is 4.79. The molecular formula is C14H11N11. The van der Waals surface area contributed by atoms with Crippen LogP contribution in [0.2, 0.25) is 0 Å². The standard InChI is InChI=1S/C14H11N11/c1-3-7-11(8-4-1)24-13(17-20-22-24)15-19-16-14-18-21-23-25(14)12-9-5-2-6-10-12/h1-10H,(H,15,16,17,18,22,23). The summed E-state index contributed by atoms with van der Waals surface area (Å²) in [4.78, 5) is 0. The van der Waals surface area contributed by atoms with E-state index in [2.05, 4.69) is 46.8 Å². The number of hydrogen-bond acceptors (Lipinski definition) is 8. The summed E-state index contributed by atoms with van der Waals surface area (Å²) in [5.74, 6) is 0.533. The normalized spacial score (nSPS) is 11.0. The van der Waals surface area contributed by atoms with Gasteiger partial charge in [-0.2, -0.15) is 9.36 Å². The van der Waals surface area contributed by atoms with E-state index >= 15 is 0 Å². The quantitative estimate of drug-likeness (QED) is 0.436. The van der Waals surface area contributed by atoms with Gasteiger partial charge in [-0.3, -0.25) is 0 Å². The molecule has 0 aliphatic heterocycles. The van der Waals surface area contributed by atoms with Crippen LogP contribution in [0, 0.1) is 0 Å². The van der Waals surface area contributed by atoms with Gasteiger partial charge >= 0.3 is 0 Å². The number of nitrogens with one attached hydrogen (secondary N) is 1. The first kappa shape index (κ1) is 14.6. The van der Waals surface area contributed by atoms with E-state index < -0.39 is 0 Å². The molecule has 0 radical (unpaired) electrons. The van der Waals surface area contributed by atoms with Crippen LogP contribution in [-0.2, 0) is 0 Å². The minimum atomic E-state index is 0.220. The second kappa shape index (κ2) is 6.62. The van der Waals surface area contributed by atoms with E-state index in [0.29, 0.717) is 5.95 Å². The summed E-state index contributed by atoms with van der Waals surface area (Å²) in [7, 11) is 0. The third kappa shape index (κ3) is 3.06. The highest BCUT2D eigenvalue weighted by Gasteiger charge is 2.08. The summed E-state index contributed by atoms with van der Waals surface area (Å²) >= 11 is 0. The lowest BCUT2D eigenvalue weighted by Gasteiger charge is -2.02. The molecule has 1 N–H and O–H groups in total. The van der Waals surface area contributed by atoms with Crippen molar-refractivity contribution in [2.24, 2.45) is 10.3 Å². The number of para-hydroxylation sites is 2. The maximum atomic E-state index is 3.98. The van der Waals surface area contributed by atoms with Gasteiger partial charge in [0, 0.05) is 0 Å². The molecule has 4 aromatic rings. The number of benzene rings is 2. The summed E-state index contributed by atoms with van der Waals surface area (Å²) in [6, 6.07) is 18.8. The van der Waals surface area contributed by atoms with Gasteiger partial charge in [0.2, 0.25) is 0 Å². The SMILES string of the molecule is c1ccc(-n2nnnc2N=NNc2nnnn2-c2ccccc2)cc1. The van der Waals surface area contributed by atoms with E-state index in [4.69, 9.17) is 0 Å². The van der Waals surface area contributed by atoms with Crippen molar-refractivity contribution in [2.45, 2.75) is 0 Å². The van der Waals surface area contributed by atoms with Crippen LogP contribution in [0.5, 0.6) is 0 Å². The summed E-state index contributed by atoms with van der Waals surface area (Å²) < 4.78 is 2.96. The highest BCUT2D eigenvalue weighted by molar-refractivity contribution is 5.38. The van der Waals surface area contributed by atoms with Crippen molar-refractivity contribution in [2.75, 3.05) is 5.43 Å². The summed E-state index contributed by atoms with van der Waals surface area (Å²) in [5, 5.41) is 30.6. The average Bonchev–Trinajstić information content (AvgIpc) is 3.33. The minimum Gasteiger partial charge on any atom is -0.225 e. The molecule has 0 aliphatic rings. The molecule has 0 amide bonds. The topological polar surface area (TPSA) is 124 Å². The van der Waals surface area contributed by atoms with Crippen LogP contribution >= 0.6 is 0 Å². The Morgan fingerprint density at radius 3 is 2.04 bits per heavy atom. The molecule has 25 heavy (non-hydrogen) atoms. The molecule has 2 aromatic heterocycles. The van der Waals surface area contributed by atoms with Crippen LogP contribution in [0.4, 0.5) is 11.9 Å². The van der Waals surface area contributed by atoms with E-state index in [9.17, 15) is 0 Å². The first-order chi connectivity index (χ1) is 12.4. The first-order valence-corrected chi connectivity index (χ1v) is 7.26. The smallest absolute Gasteiger partial charge is 0.225 e. The van der Waals surface area contributed by atoms with Crippen LogP contribution in [0.25, 0.3) is 11.4 Å². The van der Waals surface area contributed by atoms with Gasteiger partial charge in [0.15, 0.2) is 0 Å². The van der Waals surface area contributed by atoms with Gasteiger partial charge in [-0.15, -0.1) is 0 Å². The molecule has 11 nitrogen and oxygen atoms in total. The third-order valence-corrected chi connectivity index (χ3v) is 3.21. The fourth-order valence-electron chi connectivity index (χ4n) is 2.10. The molecule has 0 atom stereocenters. The predicted molar refractivity (Wildman–Crippen MR) is 86.4 cm³/mol. The molecule has 0 bridgehead atoms. The number of rotatable bonds is 5. The van der Waals surface area contributed by atoms with Gasteiger partial charge in [-0.25, -0.2) is 5.43 Å². The number of nitrogens with zero attached hydrogens (tertiary/aromatic N) is 10.